The number of carbonyl (C=O) groups is 1. The van der Waals surface area contributed by atoms with Crippen molar-refractivity contribution in [1.29, 1.82) is 0 Å². The summed E-state index contributed by atoms with van der Waals surface area (Å²) in [5.74, 6) is -0.633. The lowest BCUT2D eigenvalue weighted by Gasteiger charge is -2.31. The smallest absolute Gasteiger partial charge is 0.339 e. The van der Waals surface area contributed by atoms with Gasteiger partial charge in [0.15, 0.2) is 5.65 Å². The van der Waals surface area contributed by atoms with Crippen molar-refractivity contribution in [1.82, 2.24) is 14.8 Å². The average Bonchev–Trinajstić information content (AvgIpc) is 2.75. The van der Waals surface area contributed by atoms with E-state index in [-0.39, 0.29) is 11.7 Å². The summed E-state index contributed by atoms with van der Waals surface area (Å²) in [6.07, 6.45) is 4.28. The molecule has 3 rings (SSSR count). The van der Waals surface area contributed by atoms with E-state index < -0.39 is 5.97 Å². The van der Waals surface area contributed by atoms with E-state index in [1.165, 1.54) is 6.20 Å². The Kier molecular flexibility index (Phi) is 3.06. The molecule has 1 saturated carbocycles. The summed E-state index contributed by atoms with van der Waals surface area (Å²) < 4.78 is 1.61. The van der Waals surface area contributed by atoms with Crippen molar-refractivity contribution in [2.45, 2.75) is 18.9 Å². The number of carboxylic acids is 1. The number of hydrogen-bond acceptors (Lipinski definition) is 5. The van der Waals surface area contributed by atoms with E-state index in [4.69, 9.17) is 0 Å². The second-order valence-electron chi connectivity index (χ2n) is 5.23. The van der Waals surface area contributed by atoms with Gasteiger partial charge in [-0.15, -0.1) is 0 Å². The molecule has 0 unspecified atom stereocenters. The first-order valence-electron chi connectivity index (χ1n) is 6.52. The van der Waals surface area contributed by atoms with Crippen LogP contribution >= 0.6 is 0 Å². The van der Waals surface area contributed by atoms with Crippen LogP contribution in [-0.4, -0.2) is 43.6 Å². The zero-order valence-electron chi connectivity index (χ0n) is 11.1. The third kappa shape index (κ3) is 2.09. The largest absolute Gasteiger partial charge is 0.478 e. The SMILES string of the molecule is Cn1ncc2c(NCC3CC(O)C3)c(C(=O)O)cnc21. The number of aliphatic hydroxyl groups is 1. The van der Waals surface area contributed by atoms with Crippen LogP contribution in [0, 0.1) is 5.92 Å². The zero-order valence-corrected chi connectivity index (χ0v) is 11.1. The van der Waals surface area contributed by atoms with E-state index in [1.807, 2.05) is 0 Å². The van der Waals surface area contributed by atoms with E-state index in [1.54, 1.807) is 17.9 Å². The number of aryl methyl sites for hydroxylation is 1. The van der Waals surface area contributed by atoms with Crippen LogP contribution in [0.25, 0.3) is 11.0 Å². The molecule has 3 N–H and O–H groups in total. The molecule has 0 spiro atoms. The standard InChI is InChI=1S/C13H16N4O3/c1-17-12-9(6-16-17)11(10(5-15-12)13(19)20)14-4-7-2-8(18)3-7/h5-8,18H,2-4H2,1H3,(H,14,15)(H,19,20). The number of carboxylic acid groups (broad SMARTS) is 1. The van der Waals surface area contributed by atoms with Gasteiger partial charge in [0.05, 0.1) is 23.4 Å². The number of rotatable bonds is 4. The Balaban J connectivity index is 1.92. The molecule has 7 heteroatoms. The van der Waals surface area contributed by atoms with Gasteiger partial charge in [-0.05, 0) is 18.8 Å². The molecular weight excluding hydrogens is 260 g/mol. The van der Waals surface area contributed by atoms with Gasteiger partial charge in [0.2, 0.25) is 0 Å². The third-order valence-electron chi connectivity index (χ3n) is 3.77. The molecule has 1 fully saturated rings. The highest BCUT2D eigenvalue weighted by molar-refractivity contribution is 6.03. The van der Waals surface area contributed by atoms with Crippen LogP contribution < -0.4 is 5.32 Å². The number of aromatic carboxylic acids is 1. The number of anilines is 1. The summed E-state index contributed by atoms with van der Waals surface area (Å²) >= 11 is 0. The lowest BCUT2D eigenvalue weighted by atomic mass is 9.82. The molecule has 0 saturated heterocycles. The first-order valence-corrected chi connectivity index (χ1v) is 6.52. The predicted molar refractivity (Wildman–Crippen MR) is 72.7 cm³/mol. The highest BCUT2D eigenvalue weighted by Crippen LogP contribution is 2.30. The van der Waals surface area contributed by atoms with Gasteiger partial charge in [-0.2, -0.15) is 5.10 Å². The monoisotopic (exact) mass is 276 g/mol. The lowest BCUT2D eigenvalue weighted by Crippen LogP contribution is -2.33. The maximum Gasteiger partial charge on any atom is 0.339 e. The van der Waals surface area contributed by atoms with Crippen molar-refractivity contribution in [2.75, 3.05) is 11.9 Å². The van der Waals surface area contributed by atoms with E-state index >= 15 is 0 Å². The summed E-state index contributed by atoms with van der Waals surface area (Å²) in [5, 5.41) is 26.6. The second-order valence-corrected chi connectivity index (χ2v) is 5.23. The normalized spacial score (nSPS) is 21.7. The summed E-state index contributed by atoms with van der Waals surface area (Å²) in [6.45, 7) is 0.644. The van der Waals surface area contributed by atoms with Crippen LogP contribution in [0.2, 0.25) is 0 Å². The van der Waals surface area contributed by atoms with Crippen LogP contribution in [0.3, 0.4) is 0 Å². The third-order valence-corrected chi connectivity index (χ3v) is 3.77. The number of pyridine rings is 1. The molecule has 1 aliphatic carbocycles. The average molecular weight is 276 g/mol. The van der Waals surface area contributed by atoms with Crippen LogP contribution in [0.1, 0.15) is 23.2 Å². The molecule has 0 aromatic carbocycles. The molecule has 0 radical (unpaired) electrons. The first-order chi connectivity index (χ1) is 9.56. The molecular formula is C13H16N4O3. The van der Waals surface area contributed by atoms with Gasteiger partial charge in [-0.25, -0.2) is 9.78 Å². The molecule has 106 valence electrons. The Morgan fingerprint density at radius 3 is 2.90 bits per heavy atom. The first kappa shape index (κ1) is 12.9. The quantitative estimate of drug-likeness (QED) is 0.765. The zero-order chi connectivity index (χ0) is 14.3. The summed E-state index contributed by atoms with van der Waals surface area (Å²) in [4.78, 5) is 15.4. The Bertz CT molecular complexity index is 661. The van der Waals surface area contributed by atoms with Gasteiger partial charge in [0.1, 0.15) is 5.56 Å². The van der Waals surface area contributed by atoms with Crippen molar-refractivity contribution in [3.8, 4) is 0 Å². The fourth-order valence-electron chi connectivity index (χ4n) is 2.56. The maximum atomic E-state index is 11.3. The van der Waals surface area contributed by atoms with E-state index in [0.29, 0.717) is 29.2 Å². The predicted octanol–water partition coefficient (Wildman–Crippen LogP) is 0.849. The Hall–Kier alpha value is -2.15. The Labute approximate surface area is 115 Å². The molecule has 1 aliphatic rings. The lowest BCUT2D eigenvalue weighted by molar-refractivity contribution is 0.0486. The van der Waals surface area contributed by atoms with E-state index in [9.17, 15) is 15.0 Å². The fourth-order valence-corrected chi connectivity index (χ4v) is 2.56. The Morgan fingerprint density at radius 2 is 2.25 bits per heavy atom. The molecule has 2 aromatic heterocycles. The van der Waals surface area contributed by atoms with Crippen LogP contribution in [-0.2, 0) is 7.05 Å². The molecule has 7 nitrogen and oxygen atoms in total. The number of aliphatic hydroxyl groups excluding tert-OH is 1. The summed E-state index contributed by atoms with van der Waals surface area (Å²) in [6, 6.07) is 0. The van der Waals surface area contributed by atoms with Crippen molar-refractivity contribution in [3.05, 3.63) is 18.0 Å². The van der Waals surface area contributed by atoms with Crippen LogP contribution in [0.5, 0.6) is 0 Å². The van der Waals surface area contributed by atoms with Gasteiger partial charge in [-0.3, -0.25) is 4.68 Å². The molecule has 0 bridgehead atoms. The van der Waals surface area contributed by atoms with Gasteiger partial charge in [0, 0.05) is 19.8 Å². The number of nitrogens with one attached hydrogen (secondary N) is 1. The molecule has 2 heterocycles. The maximum absolute atomic E-state index is 11.3. The Morgan fingerprint density at radius 1 is 1.50 bits per heavy atom. The minimum absolute atomic E-state index is 0.144. The molecule has 0 amide bonds. The molecule has 20 heavy (non-hydrogen) atoms. The van der Waals surface area contributed by atoms with E-state index in [0.717, 1.165) is 12.8 Å². The number of nitrogens with zero attached hydrogens (tertiary/aromatic N) is 3. The molecule has 0 aliphatic heterocycles. The van der Waals surface area contributed by atoms with Crippen molar-refractivity contribution in [3.63, 3.8) is 0 Å². The summed E-state index contributed by atoms with van der Waals surface area (Å²) in [5.41, 5.74) is 1.34. The minimum atomic E-state index is -1.01. The number of hydrogen-bond donors (Lipinski definition) is 3. The fraction of sp³-hybridized carbons (Fsp3) is 0.462. The highest BCUT2D eigenvalue weighted by atomic mass is 16.4. The van der Waals surface area contributed by atoms with Crippen LogP contribution in [0.4, 0.5) is 5.69 Å². The van der Waals surface area contributed by atoms with Crippen LogP contribution in [0.15, 0.2) is 12.4 Å². The molecule has 2 aromatic rings. The van der Waals surface area contributed by atoms with Crippen molar-refractivity contribution >= 4 is 22.7 Å². The van der Waals surface area contributed by atoms with Gasteiger partial charge < -0.3 is 15.5 Å². The highest BCUT2D eigenvalue weighted by Gasteiger charge is 2.27. The van der Waals surface area contributed by atoms with Gasteiger partial charge in [-0.1, -0.05) is 0 Å². The number of aromatic nitrogens is 3. The topological polar surface area (TPSA) is 100 Å². The second kappa shape index (κ2) is 4.75. The molecule has 0 atom stereocenters. The van der Waals surface area contributed by atoms with Gasteiger partial charge >= 0.3 is 5.97 Å². The summed E-state index contributed by atoms with van der Waals surface area (Å²) in [7, 11) is 1.77. The van der Waals surface area contributed by atoms with Crippen molar-refractivity contribution in [2.24, 2.45) is 13.0 Å². The van der Waals surface area contributed by atoms with E-state index in [2.05, 4.69) is 15.4 Å². The minimum Gasteiger partial charge on any atom is -0.478 e. The van der Waals surface area contributed by atoms with Gasteiger partial charge in [0.25, 0.3) is 0 Å². The number of fused-ring (bicyclic) bond motifs is 1. The van der Waals surface area contributed by atoms with Crippen molar-refractivity contribution < 1.29 is 15.0 Å².